The first-order valence-electron chi connectivity index (χ1n) is 10.4. The minimum absolute atomic E-state index is 0.0132. The number of halogens is 5. The molecule has 1 aliphatic carbocycles. The lowest BCUT2D eigenvalue weighted by atomic mass is 10.0. The molecule has 12 heteroatoms. The lowest BCUT2D eigenvalue weighted by molar-refractivity contribution is -0.137. The van der Waals surface area contributed by atoms with Crippen LogP contribution in [0.5, 0.6) is 0 Å². The van der Waals surface area contributed by atoms with E-state index < -0.39 is 35.7 Å². The Kier molecular flexibility index (Phi) is 5.30. The van der Waals surface area contributed by atoms with E-state index in [0.717, 1.165) is 12.1 Å². The monoisotopic (exact) mass is 488 g/mol. The van der Waals surface area contributed by atoms with E-state index in [4.69, 9.17) is 5.73 Å². The fourth-order valence-electron chi connectivity index (χ4n) is 3.65. The van der Waals surface area contributed by atoms with E-state index in [0.29, 0.717) is 29.4 Å². The Morgan fingerprint density at radius 2 is 1.91 bits per heavy atom. The Balaban J connectivity index is 1.49. The maximum Gasteiger partial charge on any atom is 0.416 e. The smallest absolute Gasteiger partial charge is 0.376 e. The number of aromatic nitrogens is 3. The van der Waals surface area contributed by atoms with E-state index >= 15 is 0 Å². The summed E-state index contributed by atoms with van der Waals surface area (Å²) in [6.07, 6.45) is -4.06. The third-order valence-electron chi connectivity index (χ3n) is 5.52. The van der Waals surface area contributed by atoms with Crippen LogP contribution in [0.3, 0.4) is 0 Å². The fourth-order valence-corrected chi connectivity index (χ4v) is 3.65. The molecule has 2 aromatic heterocycles. The molecular weight excluding hydrogens is 471 g/mol. The van der Waals surface area contributed by atoms with Crippen molar-refractivity contribution in [3.05, 3.63) is 71.8 Å². The molecule has 2 heterocycles. The van der Waals surface area contributed by atoms with Crippen molar-refractivity contribution in [1.82, 2.24) is 14.6 Å². The molecule has 0 bridgehead atoms. The van der Waals surface area contributed by atoms with E-state index in [-0.39, 0.29) is 22.7 Å². The van der Waals surface area contributed by atoms with Crippen LogP contribution in [-0.4, -0.2) is 32.7 Å². The SMILES string of the molecule is NC(=O)c1cnc2c(N[C@H]3C[C@H]3F)cc(Nc3cccc(-c4ccc(C(F)(F)F)cc4F)c3)nn12. The van der Waals surface area contributed by atoms with Gasteiger partial charge in [-0.15, -0.1) is 5.10 Å². The third kappa shape index (κ3) is 4.46. The Bertz CT molecular complexity index is 1450. The summed E-state index contributed by atoms with van der Waals surface area (Å²) >= 11 is 0. The van der Waals surface area contributed by atoms with Gasteiger partial charge in [0.25, 0.3) is 5.91 Å². The molecule has 7 nitrogen and oxygen atoms in total. The summed E-state index contributed by atoms with van der Waals surface area (Å²) in [5.74, 6) is -1.54. The first-order valence-corrected chi connectivity index (χ1v) is 10.4. The average molecular weight is 488 g/mol. The van der Waals surface area contributed by atoms with Crippen molar-refractivity contribution in [3.8, 4) is 11.1 Å². The standard InChI is InChI=1S/C23H17F5N6O/c24-15-7-12(23(26,27)28)4-5-14(15)11-2-1-3-13(6-11)31-20-9-18(32-17-8-16(17)25)22-30-10-19(21(29)35)34(22)33-20/h1-7,9-10,16-17,32H,8H2,(H2,29,35)(H,31,33)/t16-,17+/m1/s1. The van der Waals surface area contributed by atoms with E-state index in [2.05, 4.69) is 20.7 Å². The van der Waals surface area contributed by atoms with Crippen molar-refractivity contribution in [2.75, 3.05) is 10.6 Å². The van der Waals surface area contributed by atoms with Gasteiger partial charge in [0, 0.05) is 23.7 Å². The highest BCUT2D eigenvalue weighted by Crippen LogP contribution is 2.35. The molecule has 0 spiro atoms. The molecule has 0 radical (unpaired) electrons. The normalized spacial score (nSPS) is 17.4. The van der Waals surface area contributed by atoms with E-state index in [9.17, 15) is 26.7 Å². The number of nitrogens with two attached hydrogens (primary N) is 1. The number of rotatable bonds is 6. The number of benzene rings is 2. The van der Waals surface area contributed by atoms with Crippen LogP contribution in [0.15, 0.2) is 54.7 Å². The molecule has 1 amide bonds. The fraction of sp³-hybridized carbons (Fsp3) is 0.174. The predicted octanol–water partition coefficient (Wildman–Crippen LogP) is 4.92. The van der Waals surface area contributed by atoms with Gasteiger partial charge in [0.1, 0.15) is 17.7 Å². The summed E-state index contributed by atoms with van der Waals surface area (Å²) in [6.45, 7) is 0. The minimum Gasteiger partial charge on any atom is -0.376 e. The second kappa shape index (κ2) is 8.22. The maximum atomic E-state index is 14.5. The molecule has 0 aliphatic heterocycles. The maximum absolute atomic E-state index is 14.5. The second-order valence-electron chi connectivity index (χ2n) is 8.09. The second-order valence-corrected chi connectivity index (χ2v) is 8.09. The highest BCUT2D eigenvalue weighted by molar-refractivity contribution is 5.92. The van der Waals surface area contributed by atoms with Crippen molar-refractivity contribution in [2.24, 2.45) is 5.73 Å². The van der Waals surface area contributed by atoms with Crippen molar-refractivity contribution in [2.45, 2.75) is 24.8 Å². The summed E-state index contributed by atoms with van der Waals surface area (Å²) in [6, 6.07) is 9.83. The van der Waals surface area contributed by atoms with Crippen LogP contribution in [0, 0.1) is 5.82 Å². The van der Waals surface area contributed by atoms with Crippen LogP contribution < -0.4 is 16.4 Å². The Morgan fingerprint density at radius 1 is 1.14 bits per heavy atom. The molecule has 2 atom stereocenters. The topological polar surface area (TPSA) is 97.3 Å². The zero-order valence-corrected chi connectivity index (χ0v) is 17.8. The highest BCUT2D eigenvalue weighted by atomic mass is 19.4. The number of primary amides is 1. The van der Waals surface area contributed by atoms with Gasteiger partial charge in [-0.1, -0.05) is 18.2 Å². The number of alkyl halides is 4. The molecule has 1 fully saturated rings. The molecule has 180 valence electrons. The summed E-state index contributed by atoms with van der Waals surface area (Å²) in [5, 5.41) is 10.4. The van der Waals surface area contributed by atoms with Crippen molar-refractivity contribution in [1.29, 1.82) is 0 Å². The van der Waals surface area contributed by atoms with Crippen LogP contribution in [-0.2, 0) is 6.18 Å². The molecule has 1 saturated carbocycles. The lowest BCUT2D eigenvalue weighted by Crippen LogP contribution is -2.16. The van der Waals surface area contributed by atoms with Gasteiger partial charge in [-0.25, -0.2) is 18.3 Å². The molecule has 0 saturated heterocycles. The van der Waals surface area contributed by atoms with Gasteiger partial charge in [-0.2, -0.15) is 13.2 Å². The molecule has 0 unspecified atom stereocenters. The van der Waals surface area contributed by atoms with Gasteiger partial charge in [-0.05, 0) is 29.8 Å². The van der Waals surface area contributed by atoms with Gasteiger partial charge in [0.15, 0.2) is 11.5 Å². The lowest BCUT2D eigenvalue weighted by Gasteiger charge is -2.13. The number of nitrogens with zero attached hydrogens (tertiary/aromatic N) is 3. The number of amides is 1. The molecule has 2 aromatic carbocycles. The van der Waals surface area contributed by atoms with Gasteiger partial charge >= 0.3 is 6.18 Å². The number of anilines is 3. The van der Waals surface area contributed by atoms with E-state index in [1.54, 1.807) is 24.3 Å². The van der Waals surface area contributed by atoms with Crippen LogP contribution in [0.25, 0.3) is 16.8 Å². The van der Waals surface area contributed by atoms with Crippen molar-refractivity contribution >= 4 is 28.7 Å². The average Bonchev–Trinajstić information content (AvgIpc) is 3.30. The van der Waals surface area contributed by atoms with Gasteiger partial charge in [0.2, 0.25) is 0 Å². The first-order chi connectivity index (χ1) is 16.6. The molecule has 4 N–H and O–H groups in total. The van der Waals surface area contributed by atoms with Crippen molar-refractivity contribution in [3.63, 3.8) is 0 Å². The molecular formula is C23H17F5N6O. The zero-order chi connectivity index (χ0) is 24.9. The zero-order valence-electron chi connectivity index (χ0n) is 17.8. The number of carbonyl (C=O) groups is 1. The number of nitrogens with one attached hydrogen (secondary N) is 2. The number of hydrogen-bond donors (Lipinski definition) is 3. The summed E-state index contributed by atoms with van der Waals surface area (Å²) < 4.78 is 67.8. The molecule has 1 aliphatic rings. The van der Waals surface area contributed by atoms with Gasteiger partial charge < -0.3 is 16.4 Å². The minimum atomic E-state index is -4.65. The van der Waals surface area contributed by atoms with Gasteiger partial charge in [0.05, 0.1) is 23.5 Å². The number of hydrogen-bond acceptors (Lipinski definition) is 5. The first kappa shape index (κ1) is 22.6. The number of fused-ring (bicyclic) bond motifs is 1. The quantitative estimate of drug-likeness (QED) is 0.335. The van der Waals surface area contributed by atoms with Crippen LogP contribution in [0.4, 0.5) is 39.1 Å². The van der Waals surface area contributed by atoms with E-state index in [1.165, 1.54) is 16.8 Å². The Labute approximate surface area is 194 Å². The summed E-state index contributed by atoms with van der Waals surface area (Å²) in [7, 11) is 0. The summed E-state index contributed by atoms with van der Waals surface area (Å²) in [5.41, 5.74) is 5.80. The van der Waals surface area contributed by atoms with E-state index in [1.807, 2.05) is 0 Å². The van der Waals surface area contributed by atoms with Gasteiger partial charge in [-0.3, -0.25) is 4.79 Å². The van der Waals surface area contributed by atoms with Crippen LogP contribution in [0.2, 0.25) is 0 Å². The predicted molar refractivity (Wildman–Crippen MR) is 119 cm³/mol. The highest BCUT2D eigenvalue weighted by Gasteiger charge is 2.38. The molecule has 5 rings (SSSR count). The summed E-state index contributed by atoms with van der Waals surface area (Å²) in [4.78, 5) is 15.9. The molecule has 35 heavy (non-hydrogen) atoms. The Morgan fingerprint density at radius 3 is 2.57 bits per heavy atom. The Hall–Kier alpha value is -4.22. The van der Waals surface area contributed by atoms with Crippen molar-refractivity contribution < 1.29 is 26.7 Å². The number of carbonyl (C=O) groups excluding carboxylic acids is 1. The largest absolute Gasteiger partial charge is 0.416 e. The third-order valence-corrected chi connectivity index (χ3v) is 5.52. The molecule has 4 aromatic rings. The number of imidazole rings is 1. The van der Waals surface area contributed by atoms with Crippen LogP contribution in [0.1, 0.15) is 22.5 Å². The van der Waals surface area contributed by atoms with Crippen LogP contribution >= 0.6 is 0 Å².